The van der Waals surface area contributed by atoms with E-state index in [0.29, 0.717) is 16.5 Å². The average molecular weight is 804 g/mol. The van der Waals surface area contributed by atoms with Crippen LogP contribution in [0.3, 0.4) is 0 Å². The van der Waals surface area contributed by atoms with E-state index in [9.17, 15) is 53.7 Å². The molecule has 0 unspecified atom stereocenters. The predicted molar refractivity (Wildman–Crippen MR) is 205 cm³/mol. The van der Waals surface area contributed by atoms with E-state index in [1.54, 1.807) is 44.3 Å². The molecular formula is C35H53N11O11. The van der Waals surface area contributed by atoms with Crippen molar-refractivity contribution >= 4 is 64.2 Å². The lowest BCUT2D eigenvalue weighted by Crippen LogP contribution is -2.61. The summed E-state index contributed by atoms with van der Waals surface area (Å²) < 4.78 is 0. The maximum absolute atomic E-state index is 13.7. The number of aliphatic imine (C=N–C) groups is 1. The molecule has 314 valence electrons. The Hall–Kier alpha value is -6.29. The third kappa shape index (κ3) is 15.4. The number of carbonyl (C=O) groups is 8. The first-order chi connectivity index (χ1) is 26.7. The second kappa shape index (κ2) is 22.3. The molecule has 0 saturated carbocycles. The Kier molecular flexibility index (Phi) is 18.3. The number of hydrogen-bond donors (Lipinski definition) is 13. The molecule has 6 amide bonds. The van der Waals surface area contributed by atoms with Crippen LogP contribution in [0.5, 0.6) is 0 Å². The van der Waals surface area contributed by atoms with Gasteiger partial charge in [0.2, 0.25) is 35.4 Å². The van der Waals surface area contributed by atoms with Crippen LogP contribution in [0, 0.1) is 5.92 Å². The van der Waals surface area contributed by atoms with Gasteiger partial charge in [-0.25, -0.2) is 4.79 Å². The molecule has 2 rings (SSSR count). The second-order valence-corrected chi connectivity index (χ2v) is 13.7. The maximum Gasteiger partial charge on any atom is 0.326 e. The van der Waals surface area contributed by atoms with Crippen molar-refractivity contribution in [1.82, 2.24) is 36.9 Å². The third-order valence-corrected chi connectivity index (χ3v) is 8.47. The minimum absolute atomic E-state index is 0.0292. The van der Waals surface area contributed by atoms with Gasteiger partial charge < -0.3 is 69.4 Å². The summed E-state index contributed by atoms with van der Waals surface area (Å²) in [4.78, 5) is 109. The van der Waals surface area contributed by atoms with E-state index >= 15 is 0 Å². The van der Waals surface area contributed by atoms with E-state index in [2.05, 4.69) is 41.9 Å². The summed E-state index contributed by atoms with van der Waals surface area (Å²) in [5.74, 6) is -9.38. The number of guanidine groups is 1. The Morgan fingerprint density at radius 3 is 1.95 bits per heavy atom. The summed E-state index contributed by atoms with van der Waals surface area (Å²) in [5.41, 5.74) is 17.5. The molecule has 22 nitrogen and oxygen atoms in total. The van der Waals surface area contributed by atoms with Gasteiger partial charge in [-0.15, -0.1) is 0 Å². The number of nitrogens with one attached hydrogen (secondary N) is 7. The summed E-state index contributed by atoms with van der Waals surface area (Å²) in [7, 11) is 0. The van der Waals surface area contributed by atoms with Crippen molar-refractivity contribution in [3.05, 3.63) is 36.0 Å². The zero-order valence-electron chi connectivity index (χ0n) is 32.0. The molecule has 2 aromatic rings. The average Bonchev–Trinajstić information content (AvgIpc) is 3.53. The fraction of sp³-hybridized carbons (Fsp3) is 0.514. The Labute approximate surface area is 327 Å². The summed E-state index contributed by atoms with van der Waals surface area (Å²) >= 11 is 0. The van der Waals surface area contributed by atoms with Crippen LogP contribution in [0.25, 0.3) is 10.9 Å². The van der Waals surface area contributed by atoms with Crippen LogP contribution in [0.2, 0.25) is 0 Å². The number of para-hydroxylation sites is 1. The van der Waals surface area contributed by atoms with Gasteiger partial charge in [-0.05, 0) is 44.2 Å². The van der Waals surface area contributed by atoms with Crippen molar-refractivity contribution in [2.24, 2.45) is 28.1 Å². The molecule has 1 heterocycles. The van der Waals surface area contributed by atoms with Gasteiger partial charge in [0.15, 0.2) is 5.96 Å². The normalized spacial score (nSPS) is 14.7. The number of nitrogens with zero attached hydrogens (tertiary/aromatic N) is 1. The van der Waals surface area contributed by atoms with Crippen LogP contribution < -0.4 is 49.1 Å². The summed E-state index contributed by atoms with van der Waals surface area (Å²) in [6, 6.07) is -1.72. The van der Waals surface area contributed by atoms with Gasteiger partial charge in [0.05, 0.1) is 25.1 Å². The van der Waals surface area contributed by atoms with E-state index in [0.717, 1.165) is 6.92 Å². The highest BCUT2D eigenvalue weighted by Crippen LogP contribution is 2.19. The molecule has 0 radical (unpaired) electrons. The van der Waals surface area contributed by atoms with Crippen LogP contribution in [0.1, 0.15) is 52.5 Å². The predicted octanol–water partition coefficient (Wildman–Crippen LogP) is -3.75. The van der Waals surface area contributed by atoms with E-state index < -0.39 is 109 Å². The number of aliphatic carboxylic acids is 2. The van der Waals surface area contributed by atoms with Gasteiger partial charge in [0.1, 0.15) is 30.2 Å². The number of carboxylic acid groups (broad SMARTS) is 2. The molecule has 0 aliphatic rings. The number of hydrogen-bond acceptors (Lipinski definition) is 11. The molecule has 0 aliphatic heterocycles. The molecule has 0 aliphatic carbocycles. The Morgan fingerprint density at radius 2 is 1.37 bits per heavy atom. The van der Waals surface area contributed by atoms with E-state index in [1.807, 2.05) is 0 Å². The van der Waals surface area contributed by atoms with E-state index in [4.69, 9.17) is 17.2 Å². The number of amides is 6. The molecule has 57 heavy (non-hydrogen) atoms. The Balaban J connectivity index is 2.34. The monoisotopic (exact) mass is 803 g/mol. The molecule has 22 heteroatoms. The van der Waals surface area contributed by atoms with Gasteiger partial charge in [-0.2, -0.15) is 0 Å². The zero-order chi connectivity index (χ0) is 43.0. The number of carboxylic acids is 2. The zero-order valence-corrected chi connectivity index (χ0v) is 32.0. The summed E-state index contributed by atoms with van der Waals surface area (Å²) in [6.45, 7) is 5.12. The minimum atomic E-state index is -1.87. The first-order valence-electron chi connectivity index (χ1n) is 18.0. The van der Waals surface area contributed by atoms with Crippen LogP contribution >= 0.6 is 0 Å². The Bertz CT molecular complexity index is 1790. The number of aromatic amines is 1. The van der Waals surface area contributed by atoms with Crippen molar-refractivity contribution in [1.29, 1.82) is 0 Å². The summed E-state index contributed by atoms with van der Waals surface area (Å²) in [6.07, 6.45) is -1.20. The smallest absolute Gasteiger partial charge is 0.326 e. The molecule has 7 atom stereocenters. The number of carbonyl (C=O) groups excluding carboxylic acids is 6. The van der Waals surface area contributed by atoms with Crippen molar-refractivity contribution in [3.8, 4) is 0 Å². The van der Waals surface area contributed by atoms with Crippen LogP contribution in [-0.4, -0.2) is 129 Å². The molecule has 0 saturated heterocycles. The molecule has 1 aromatic carbocycles. The Morgan fingerprint density at radius 1 is 0.772 bits per heavy atom. The van der Waals surface area contributed by atoms with Crippen molar-refractivity contribution in [2.75, 3.05) is 13.1 Å². The number of benzene rings is 1. The van der Waals surface area contributed by atoms with Gasteiger partial charge in [-0.3, -0.25) is 38.6 Å². The summed E-state index contributed by atoms with van der Waals surface area (Å²) in [5, 5.41) is 44.6. The number of aliphatic hydroxyl groups excluding tert-OH is 1. The quantitative estimate of drug-likeness (QED) is 0.0292. The van der Waals surface area contributed by atoms with Crippen LogP contribution in [0.15, 0.2) is 35.5 Å². The lowest BCUT2D eigenvalue weighted by atomic mass is 10.0. The van der Waals surface area contributed by atoms with Crippen molar-refractivity contribution in [3.63, 3.8) is 0 Å². The fourth-order valence-electron chi connectivity index (χ4n) is 5.42. The minimum Gasteiger partial charge on any atom is -0.481 e. The third-order valence-electron chi connectivity index (χ3n) is 8.47. The standard InChI is InChI=1S/C35H53N11O11/c1-16(2)27(34(56)57)45-31(53)23(12-19-14-40-21-9-6-5-8-20(19)21)44-33(55)28(18(4)47)46-32(54)24(13-26(49)50)43-30(52)22(10-7-11-39-35(37)38)42-25(48)15-41-29(51)17(3)36/h5-6,8-9,14,16-18,22-24,27-28,40,47H,7,10-13,15,36H2,1-4H3,(H,41,51)(H,42,48)(H,43,52)(H,44,55)(H,45,53)(H,46,54)(H,49,50)(H,56,57)(H4,37,38,39)/t17-,18+,22-,23-,24-,27-,28-/m0/s1. The molecule has 1 aromatic heterocycles. The largest absolute Gasteiger partial charge is 0.481 e. The second-order valence-electron chi connectivity index (χ2n) is 13.7. The van der Waals surface area contributed by atoms with Crippen molar-refractivity contribution < 1.29 is 53.7 Å². The van der Waals surface area contributed by atoms with Gasteiger partial charge in [-0.1, -0.05) is 32.0 Å². The molecular weight excluding hydrogens is 750 g/mol. The van der Waals surface area contributed by atoms with Crippen molar-refractivity contribution in [2.45, 2.75) is 95.7 Å². The van der Waals surface area contributed by atoms with E-state index in [1.165, 1.54) is 6.92 Å². The lowest BCUT2D eigenvalue weighted by molar-refractivity contribution is -0.143. The molecule has 16 N–H and O–H groups in total. The highest BCUT2D eigenvalue weighted by atomic mass is 16.4. The van der Waals surface area contributed by atoms with Gasteiger partial charge in [0, 0.05) is 30.1 Å². The maximum atomic E-state index is 13.7. The number of rotatable bonds is 23. The number of aliphatic hydroxyl groups is 1. The topological polar surface area (TPSA) is 376 Å². The van der Waals surface area contributed by atoms with Crippen LogP contribution in [0.4, 0.5) is 0 Å². The number of H-pyrrole nitrogens is 1. The van der Waals surface area contributed by atoms with E-state index in [-0.39, 0.29) is 31.8 Å². The molecule has 0 spiro atoms. The molecule has 0 bridgehead atoms. The number of aromatic nitrogens is 1. The number of fused-ring (bicyclic) bond motifs is 1. The SMILES string of the molecule is CC(C)[C@H](NC(=O)[C@H](Cc1c[nH]c2ccccc12)NC(=O)[C@@H](NC(=O)[C@H](CC(=O)O)NC(=O)[C@H](CCCN=C(N)N)NC(=O)CNC(=O)[C@H](C)N)[C@@H](C)O)C(=O)O. The first kappa shape index (κ1) is 46.9. The van der Waals surface area contributed by atoms with Crippen LogP contribution in [-0.2, 0) is 44.8 Å². The number of nitrogens with two attached hydrogens (primary N) is 3. The first-order valence-corrected chi connectivity index (χ1v) is 18.0. The fourth-order valence-corrected chi connectivity index (χ4v) is 5.42. The highest BCUT2D eigenvalue weighted by molar-refractivity contribution is 5.98. The van der Waals surface area contributed by atoms with Gasteiger partial charge >= 0.3 is 11.9 Å². The van der Waals surface area contributed by atoms with Gasteiger partial charge in [0.25, 0.3) is 0 Å². The lowest BCUT2D eigenvalue weighted by Gasteiger charge is -2.28. The molecule has 0 fully saturated rings. The highest BCUT2D eigenvalue weighted by Gasteiger charge is 2.35.